The molecule has 0 saturated carbocycles. The van der Waals surface area contributed by atoms with Crippen molar-refractivity contribution in [3.05, 3.63) is 23.8 Å². The van der Waals surface area contributed by atoms with Gasteiger partial charge in [0, 0.05) is 12.6 Å². The fourth-order valence-electron chi connectivity index (χ4n) is 2.04. The van der Waals surface area contributed by atoms with Crippen LogP contribution in [0.4, 0.5) is 0 Å². The Labute approximate surface area is 116 Å². The molecule has 1 unspecified atom stereocenters. The van der Waals surface area contributed by atoms with E-state index in [4.69, 9.17) is 9.47 Å². The average Bonchev–Trinajstić information content (AvgIpc) is 2.45. The highest BCUT2D eigenvalue weighted by Crippen LogP contribution is 2.30. The largest absolute Gasteiger partial charge is 0.493 e. The first-order chi connectivity index (χ1) is 9.15. The van der Waals surface area contributed by atoms with Gasteiger partial charge in [0.2, 0.25) is 0 Å². The summed E-state index contributed by atoms with van der Waals surface area (Å²) in [5, 5.41) is 3.51. The molecule has 19 heavy (non-hydrogen) atoms. The van der Waals surface area contributed by atoms with Crippen LogP contribution in [0.25, 0.3) is 0 Å². The van der Waals surface area contributed by atoms with Crippen molar-refractivity contribution >= 4 is 0 Å². The zero-order valence-electron chi connectivity index (χ0n) is 12.7. The molecule has 0 bridgehead atoms. The van der Waals surface area contributed by atoms with Gasteiger partial charge in [-0.05, 0) is 37.8 Å². The Bertz CT molecular complexity index is 382. The summed E-state index contributed by atoms with van der Waals surface area (Å²) in [5.74, 6) is 1.55. The molecule has 4 heteroatoms. The SMILES string of the molecule is CCNC(CN(C)CC)c1ccc(OC)c(OC)c1. The normalized spacial score (nSPS) is 12.5. The van der Waals surface area contributed by atoms with Crippen LogP contribution in [0.1, 0.15) is 25.5 Å². The van der Waals surface area contributed by atoms with Gasteiger partial charge in [0.05, 0.1) is 14.2 Å². The number of nitrogens with one attached hydrogen (secondary N) is 1. The van der Waals surface area contributed by atoms with Gasteiger partial charge in [-0.25, -0.2) is 0 Å². The second-order valence-corrected chi connectivity index (χ2v) is 4.58. The van der Waals surface area contributed by atoms with E-state index in [1.807, 2.05) is 6.07 Å². The molecule has 1 aromatic rings. The minimum Gasteiger partial charge on any atom is -0.493 e. The summed E-state index contributed by atoms with van der Waals surface area (Å²) in [6.07, 6.45) is 0. The Morgan fingerprint density at radius 1 is 1.16 bits per heavy atom. The van der Waals surface area contributed by atoms with E-state index in [9.17, 15) is 0 Å². The zero-order valence-corrected chi connectivity index (χ0v) is 12.7. The minimum absolute atomic E-state index is 0.301. The van der Waals surface area contributed by atoms with Crippen LogP contribution in [0, 0.1) is 0 Å². The minimum atomic E-state index is 0.301. The van der Waals surface area contributed by atoms with Crippen molar-refractivity contribution in [3.63, 3.8) is 0 Å². The van der Waals surface area contributed by atoms with Crippen molar-refractivity contribution in [2.75, 3.05) is 40.9 Å². The Hall–Kier alpha value is -1.26. The highest BCUT2D eigenvalue weighted by Gasteiger charge is 2.14. The van der Waals surface area contributed by atoms with Crippen LogP contribution < -0.4 is 14.8 Å². The van der Waals surface area contributed by atoms with Crippen molar-refractivity contribution in [2.24, 2.45) is 0 Å². The molecule has 0 aliphatic rings. The van der Waals surface area contributed by atoms with E-state index < -0.39 is 0 Å². The third kappa shape index (κ3) is 4.40. The van der Waals surface area contributed by atoms with Gasteiger partial charge < -0.3 is 19.7 Å². The lowest BCUT2D eigenvalue weighted by molar-refractivity contribution is 0.304. The maximum absolute atomic E-state index is 5.37. The fraction of sp³-hybridized carbons (Fsp3) is 0.600. The standard InChI is InChI=1S/C15H26N2O2/c1-6-16-13(11-17(3)7-2)12-8-9-14(18-4)15(10-12)19-5/h8-10,13,16H,6-7,11H2,1-5H3. The second-order valence-electron chi connectivity index (χ2n) is 4.58. The summed E-state index contributed by atoms with van der Waals surface area (Å²) in [7, 11) is 5.46. The van der Waals surface area contributed by atoms with E-state index in [0.717, 1.165) is 31.1 Å². The Balaban J connectivity index is 2.95. The van der Waals surface area contributed by atoms with Crippen LogP contribution in [0.2, 0.25) is 0 Å². The molecular formula is C15H26N2O2. The number of benzene rings is 1. The van der Waals surface area contributed by atoms with Gasteiger partial charge >= 0.3 is 0 Å². The molecule has 1 N–H and O–H groups in total. The van der Waals surface area contributed by atoms with Gasteiger partial charge in [-0.2, -0.15) is 0 Å². The van der Waals surface area contributed by atoms with E-state index in [2.05, 4.69) is 43.2 Å². The molecule has 1 aromatic carbocycles. The van der Waals surface area contributed by atoms with Gasteiger partial charge in [0.1, 0.15) is 0 Å². The van der Waals surface area contributed by atoms with Crippen LogP contribution in [-0.4, -0.2) is 45.8 Å². The molecule has 0 heterocycles. The molecule has 0 aliphatic heterocycles. The summed E-state index contributed by atoms with van der Waals surface area (Å²) in [5.41, 5.74) is 1.22. The lowest BCUT2D eigenvalue weighted by Crippen LogP contribution is -2.32. The Morgan fingerprint density at radius 3 is 2.37 bits per heavy atom. The second kappa shape index (κ2) is 8.02. The number of ether oxygens (including phenoxy) is 2. The van der Waals surface area contributed by atoms with Crippen LogP contribution in [-0.2, 0) is 0 Å². The maximum atomic E-state index is 5.37. The van der Waals surface area contributed by atoms with Gasteiger partial charge in [-0.3, -0.25) is 0 Å². The topological polar surface area (TPSA) is 33.7 Å². The lowest BCUT2D eigenvalue weighted by Gasteiger charge is -2.24. The molecule has 0 aliphatic carbocycles. The first-order valence-electron chi connectivity index (χ1n) is 6.80. The summed E-state index contributed by atoms with van der Waals surface area (Å²) in [6.45, 7) is 7.24. The van der Waals surface area contributed by atoms with Crippen LogP contribution in [0.15, 0.2) is 18.2 Å². The smallest absolute Gasteiger partial charge is 0.161 e. The predicted octanol–water partition coefficient (Wildman–Crippen LogP) is 2.31. The van der Waals surface area contributed by atoms with E-state index in [0.29, 0.717) is 6.04 Å². The molecule has 0 aromatic heterocycles. The van der Waals surface area contributed by atoms with E-state index >= 15 is 0 Å². The van der Waals surface area contributed by atoms with E-state index in [-0.39, 0.29) is 0 Å². The Morgan fingerprint density at radius 2 is 1.84 bits per heavy atom. The van der Waals surface area contributed by atoms with Crippen LogP contribution in [0.3, 0.4) is 0 Å². The highest BCUT2D eigenvalue weighted by molar-refractivity contribution is 5.43. The Kier molecular flexibility index (Phi) is 6.67. The molecule has 0 amide bonds. The molecular weight excluding hydrogens is 240 g/mol. The summed E-state index contributed by atoms with van der Waals surface area (Å²) < 4.78 is 10.6. The van der Waals surface area contributed by atoms with Crippen molar-refractivity contribution in [3.8, 4) is 11.5 Å². The molecule has 1 atom stereocenters. The number of hydrogen-bond donors (Lipinski definition) is 1. The van der Waals surface area contributed by atoms with Crippen molar-refractivity contribution in [1.82, 2.24) is 10.2 Å². The summed E-state index contributed by atoms with van der Waals surface area (Å²) in [4.78, 5) is 2.30. The van der Waals surface area contributed by atoms with Crippen molar-refractivity contribution in [1.29, 1.82) is 0 Å². The molecule has 108 valence electrons. The number of rotatable bonds is 8. The first-order valence-corrected chi connectivity index (χ1v) is 6.80. The van der Waals surface area contributed by atoms with Gasteiger partial charge in [-0.15, -0.1) is 0 Å². The maximum Gasteiger partial charge on any atom is 0.161 e. The lowest BCUT2D eigenvalue weighted by atomic mass is 10.1. The molecule has 4 nitrogen and oxygen atoms in total. The van der Waals surface area contributed by atoms with Gasteiger partial charge in [-0.1, -0.05) is 19.9 Å². The molecule has 0 saturated heterocycles. The summed E-state index contributed by atoms with van der Waals surface area (Å²) >= 11 is 0. The molecule has 0 radical (unpaired) electrons. The number of likely N-dealkylation sites (N-methyl/N-ethyl adjacent to an activating group) is 2. The van der Waals surface area contributed by atoms with Crippen molar-refractivity contribution < 1.29 is 9.47 Å². The molecule has 1 rings (SSSR count). The number of hydrogen-bond acceptors (Lipinski definition) is 4. The number of nitrogens with zero attached hydrogens (tertiary/aromatic N) is 1. The summed E-state index contributed by atoms with van der Waals surface area (Å²) in [6, 6.07) is 6.41. The average molecular weight is 266 g/mol. The van der Waals surface area contributed by atoms with Crippen LogP contribution in [0.5, 0.6) is 11.5 Å². The van der Waals surface area contributed by atoms with Gasteiger partial charge in [0.25, 0.3) is 0 Å². The molecule has 0 fully saturated rings. The van der Waals surface area contributed by atoms with E-state index in [1.54, 1.807) is 14.2 Å². The first kappa shape index (κ1) is 15.8. The molecule has 0 spiro atoms. The quantitative estimate of drug-likeness (QED) is 0.783. The third-order valence-corrected chi connectivity index (χ3v) is 3.29. The van der Waals surface area contributed by atoms with Gasteiger partial charge in [0.15, 0.2) is 11.5 Å². The van der Waals surface area contributed by atoms with Crippen LogP contribution >= 0.6 is 0 Å². The number of methoxy groups -OCH3 is 2. The third-order valence-electron chi connectivity index (χ3n) is 3.29. The van der Waals surface area contributed by atoms with E-state index in [1.165, 1.54) is 5.56 Å². The monoisotopic (exact) mass is 266 g/mol. The predicted molar refractivity (Wildman–Crippen MR) is 79.1 cm³/mol. The highest BCUT2D eigenvalue weighted by atomic mass is 16.5. The fourth-order valence-corrected chi connectivity index (χ4v) is 2.04. The zero-order chi connectivity index (χ0) is 14.3. The van der Waals surface area contributed by atoms with Crippen molar-refractivity contribution in [2.45, 2.75) is 19.9 Å².